The molecule has 4 heteroatoms. The van der Waals surface area contributed by atoms with E-state index in [4.69, 9.17) is 0 Å². The molecule has 0 unspecified atom stereocenters. The molecule has 4 aromatic heterocycles. The number of rotatable bonds is 9. The molecular weight excluding hydrogens is 1400 g/mol. The van der Waals surface area contributed by atoms with E-state index in [2.05, 4.69) is 419 Å². The molecule has 0 saturated heterocycles. The molecule has 4 nitrogen and oxygen atoms in total. The number of fused-ring (bicyclic) bond motifs is 22. The molecule has 116 heavy (non-hydrogen) atoms. The van der Waals surface area contributed by atoms with E-state index in [1.807, 2.05) is 0 Å². The highest BCUT2D eigenvalue weighted by Crippen LogP contribution is 2.54. The summed E-state index contributed by atoms with van der Waals surface area (Å²) in [5.74, 6) is 0. The zero-order chi connectivity index (χ0) is 75.5. The largest absolute Gasteiger partial charge is 0.309 e. The van der Waals surface area contributed by atoms with Gasteiger partial charge in [0.15, 0.2) is 0 Å². The van der Waals surface area contributed by atoms with Gasteiger partial charge in [-0.3, -0.25) is 0 Å². The Labute approximate surface area is 667 Å². The van der Waals surface area contributed by atoms with E-state index < -0.39 is 0 Å². The molecule has 4 heterocycles. The molecule has 0 atom stereocenters. The standard InChI is InChI=1S/C112H66N4/c1-3-21-76(22-4-1)113-102-35-15-13-29-87(102)100-61-71(45-59-104(100)113)73-43-52-88-95-53-41-67-19-7-9-25-82(67)111(95)116(106(88)65-73)79-49-39-70(40-50-79)81-56-58-94-99-63-74(44-51-86(99)92-34-18-32-90(81)109(92)94)98-64-75(72-46-60-105-101(62-72)96-54-42-68-20-8-10-26-83(68)112(96)115(105)77-23-5-2-6-24-77)66-107-110(98)97-30-14-16-36-103(97)114(107)78-47-37-69(38-48-78)80-55-57-93-85-28-12-11-27-84(85)91-33-17-31-89(80)108(91)93/h1-66H. The Hall–Kier alpha value is -15.4. The summed E-state index contributed by atoms with van der Waals surface area (Å²) in [6.45, 7) is 0. The molecule has 0 amide bonds. The zero-order valence-electron chi connectivity index (χ0n) is 62.9. The van der Waals surface area contributed by atoms with Crippen LogP contribution in [-0.4, -0.2) is 18.3 Å². The summed E-state index contributed by atoms with van der Waals surface area (Å²) >= 11 is 0. The molecule has 20 aromatic carbocycles. The summed E-state index contributed by atoms with van der Waals surface area (Å²) in [5, 5.41) is 19.9. The van der Waals surface area contributed by atoms with Gasteiger partial charge in [0.25, 0.3) is 0 Å². The number of para-hydroxylation sites is 4. The second kappa shape index (κ2) is 24.1. The van der Waals surface area contributed by atoms with E-state index in [0.29, 0.717) is 0 Å². The van der Waals surface area contributed by atoms with Gasteiger partial charge in [-0.15, -0.1) is 0 Å². The molecule has 0 saturated carbocycles. The molecule has 2 aliphatic rings. The molecule has 0 spiro atoms. The molecule has 24 aromatic rings. The highest BCUT2D eigenvalue weighted by Gasteiger charge is 2.29. The summed E-state index contributed by atoms with van der Waals surface area (Å²) in [6, 6.07) is 151. The summed E-state index contributed by atoms with van der Waals surface area (Å²) in [5.41, 5.74) is 36.2. The first-order valence-electron chi connectivity index (χ1n) is 40.3. The van der Waals surface area contributed by atoms with Crippen molar-refractivity contribution in [3.05, 3.63) is 400 Å². The van der Waals surface area contributed by atoms with E-state index in [-0.39, 0.29) is 0 Å². The van der Waals surface area contributed by atoms with Crippen molar-refractivity contribution in [2.24, 2.45) is 0 Å². The average Bonchev–Trinajstić information content (AvgIpc) is 1.55. The van der Waals surface area contributed by atoms with Crippen molar-refractivity contribution in [1.29, 1.82) is 0 Å². The maximum absolute atomic E-state index is 2.52. The maximum Gasteiger partial charge on any atom is 0.0619 e. The summed E-state index contributed by atoms with van der Waals surface area (Å²) in [6.07, 6.45) is 0. The van der Waals surface area contributed by atoms with Gasteiger partial charge in [0.1, 0.15) is 0 Å². The molecular formula is C112H66N4. The lowest BCUT2D eigenvalue weighted by atomic mass is 9.91. The van der Waals surface area contributed by atoms with Crippen molar-refractivity contribution < 1.29 is 0 Å². The Balaban J connectivity index is 0.615. The highest BCUT2D eigenvalue weighted by molar-refractivity contribution is 6.25. The summed E-state index contributed by atoms with van der Waals surface area (Å²) in [7, 11) is 0. The first kappa shape index (κ1) is 63.3. The predicted molar refractivity (Wildman–Crippen MR) is 490 cm³/mol. The molecule has 0 aliphatic heterocycles. The zero-order valence-corrected chi connectivity index (χ0v) is 62.9. The second-order valence-corrected chi connectivity index (χ2v) is 31.7. The Kier molecular flexibility index (Phi) is 13.1. The van der Waals surface area contributed by atoms with E-state index in [0.717, 1.165) is 44.9 Å². The Bertz CT molecular complexity index is 8390. The van der Waals surface area contributed by atoms with Crippen molar-refractivity contribution in [2.75, 3.05) is 0 Å². The van der Waals surface area contributed by atoms with Crippen LogP contribution >= 0.6 is 0 Å². The van der Waals surface area contributed by atoms with Crippen molar-refractivity contribution in [1.82, 2.24) is 18.3 Å². The van der Waals surface area contributed by atoms with Crippen molar-refractivity contribution in [2.45, 2.75) is 0 Å². The van der Waals surface area contributed by atoms with Crippen molar-refractivity contribution in [3.63, 3.8) is 0 Å². The maximum atomic E-state index is 2.52. The predicted octanol–water partition coefficient (Wildman–Crippen LogP) is 30.3. The van der Waals surface area contributed by atoms with Crippen molar-refractivity contribution >= 4 is 130 Å². The molecule has 26 rings (SSSR count). The number of benzene rings is 20. The van der Waals surface area contributed by atoms with Crippen LogP contribution in [0, 0.1) is 0 Å². The third-order valence-electron chi connectivity index (χ3n) is 25.8. The van der Waals surface area contributed by atoms with Crippen LogP contribution in [0.5, 0.6) is 0 Å². The molecule has 0 radical (unpaired) electrons. The molecule has 2 aliphatic carbocycles. The van der Waals surface area contributed by atoms with E-state index in [9.17, 15) is 0 Å². The molecule has 0 bridgehead atoms. The van der Waals surface area contributed by atoms with Gasteiger partial charge in [-0.25, -0.2) is 0 Å². The SMILES string of the molecule is c1ccc(-n2c3ccccc3c3cc(-c4ccc5c6ccc7ccccc7c6n(-c6ccc(-c7ccc8c9c(cccc79)-c7ccc(-c9cc(-c%10ccc%11c(c%10)c%10ccc%12ccccc%12c%10n%11-c%10ccccc%10)cc%10c9c9ccccc9n%10-c9ccc(-c%10ccc%11c%12c(cccc%10%12)-c%10ccccc%10-%11)cc9)cc7-8)cc6)c5c4)ccc32)cc1. The number of hydrogen-bond acceptors (Lipinski definition) is 0. The quantitative estimate of drug-likeness (QED) is 0.137. The lowest BCUT2D eigenvalue weighted by Crippen LogP contribution is -1.95. The minimum Gasteiger partial charge on any atom is -0.309 e. The van der Waals surface area contributed by atoms with Crippen LogP contribution in [0.15, 0.2) is 400 Å². The van der Waals surface area contributed by atoms with E-state index in [1.165, 1.54) is 208 Å². The first-order chi connectivity index (χ1) is 57.5. The van der Waals surface area contributed by atoms with Crippen LogP contribution in [-0.2, 0) is 0 Å². The molecule has 0 N–H and O–H groups in total. The fourth-order valence-electron chi connectivity index (χ4n) is 20.7. The smallest absolute Gasteiger partial charge is 0.0619 e. The van der Waals surface area contributed by atoms with Crippen LogP contribution in [0.25, 0.3) is 253 Å². The first-order valence-corrected chi connectivity index (χ1v) is 40.3. The minimum atomic E-state index is 1.11. The number of aromatic nitrogens is 4. The highest BCUT2D eigenvalue weighted by atomic mass is 15.0. The van der Waals surface area contributed by atoms with Gasteiger partial charge < -0.3 is 18.3 Å². The van der Waals surface area contributed by atoms with Gasteiger partial charge in [-0.2, -0.15) is 0 Å². The fraction of sp³-hybridized carbons (Fsp3) is 0. The van der Waals surface area contributed by atoms with E-state index >= 15 is 0 Å². The van der Waals surface area contributed by atoms with Gasteiger partial charge in [0.05, 0.1) is 44.1 Å². The normalized spacial score (nSPS) is 12.3. The van der Waals surface area contributed by atoms with Gasteiger partial charge in [0.2, 0.25) is 0 Å². The Morgan fingerprint density at radius 3 is 1.13 bits per heavy atom. The third-order valence-corrected chi connectivity index (χ3v) is 25.8. The van der Waals surface area contributed by atoms with Gasteiger partial charge >= 0.3 is 0 Å². The van der Waals surface area contributed by atoms with Crippen LogP contribution in [0.3, 0.4) is 0 Å². The second-order valence-electron chi connectivity index (χ2n) is 31.7. The minimum absolute atomic E-state index is 1.11. The van der Waals surface area contributed by atoms with Gasteiger partial charge in [-0.1, -0.05) is 291 Å². The average molecular weight is 1470 g/mol. The Morgan fingerprint density at radius 2 is 0.491 bits per heavy atom. The van der Waals surface area contributed by atoms with Crippen LogP contribution in [0.2, 0.25) is 0 Å². The van der Waals surface area contributed by atoms with Gasteiger partial charge in [-0.05, 0) is 242 Å². The third kappa shape index (κ3) is 8.98. The van der Waals surface area contributed by atoms with Crippen LogP contribution in [0.4, 0.5) is 0 Å². The lowest BCUT2D eigenvalue weighted by molar-refractivity contribution is 1.18. The number of nitrogens with zero attached hydrogens (tertiary/aromatic N) is 4. The Morgan fingerprint density at radius 1 is 0.129 bits per heavy atom. The fourth-order valence-corrected chi connectivity index (χ4v) is 20.7. The van der Waals surface area contributed by atoms with E-state index in [1.54, 1.807) is 0 Å². The topological polar surface area (TPSA) is 19.7 Å². The van der Waals surface area contributed by atoms with Gasteiger partial charge in [0, 0.05) is 76.6 Å². The molecule has 0 fully saturated rings. The van der Waals surface area contributed by atoms with Crippen LogP contribution in [0.1, 0.15) is 0 Å². The summed E-state index contributed by atoms with van der Waals surface area (Å²) in [4.78, 5) is 0. The number of hydrogen-bond donors (Lipinski definition) is 0. The lowest BCUT2D eigenvalue weighted by Gasteiger charge is -2.15. The van der Waals surface area contributed by atoms with Crippen LogP contribution < -0.4 is 0 Å². The summed E-state index contributed by atoms with van der Waals surface area (Å²) < 4.78 is 9.90. The monoisotopic (exact) mass is 1470 g/mol. The van der Waals surface area contributed by atoms with Crippen molar-refractivity contribution in [3.8, 4) is 123 Å². The molecule has 534 valence electrons.